The molecule has 0 bridgehead atoms. The normalized spacial score (nSPS) is 16.3. The summed E-state index contributed by atoms with van der Waals surface area (Å²) in [4.78, 5) is 19.4. The third-order valence-electron chi connectivity index (χ3n) is 5.87. The zero-order valence-corrected chi connectivity index (χ0v) is 18.7. The van der Waals surface area contributed by atoms with Gasteiger partial charge in [0.15, 0.2) is 0 Å². The minimum atomic E-state index is -0.419. The predicted octanol–water partition coefficient (Wildman–Crippen LogP) is 5.64. The zero-order chi connectivity index (χ0) is 22.9. The second kappa shape index (κ2) is 8.43. The maximum absolute atomic E-state index is 13.1. The van der Waals surface area contributed by atoms with Crippen molar-refractivity contribution in [2.45, 2.75) is 33.4 Å². The molecule has 2 amide bonds. The summed E-state index contributed by atoms with van der Waals surface area (Å²) in [5.74, 6) is 1.56. The third kappa shape index (κ3) is 4.05. The van der Waals surface area contributed by atoms with E-state index in [0.29, 0.717) is 24.0 Å². The molecule has 5 rings (SSSR count). The molecule has 0 saturated heterocycles. The number of carbonyl (C=O) groups excluding carboxylic acids is 1. The lowest BCUT2D eigenvalue weighted by atomic mass is 9.94. The molecule has 2 aromatic carbocycles. The minimum Gasteiger partial charge on any atom is -0.467 e. The number of allylic oxidation sites excluding steroid dienone is 1. The number of urea groups is 1. The van der Waals surface area contributed by atoms with Crippen LogP contribution in [0.1, 0.15) is 41.3 Å². The van der Waals surface area contributed by atoms with E-state index in [1.807, 2.05) is 75.4 Å². The molecular formula is C26H24N4O3. The van der Waals surface area contributed by atoms with Gasteiger partial charge in [-0.2, -0.15) is 4.98 Å². The van der Waals surface area contributed by atoms with Gasteiger partial charge in [0.2, 0.25) is 5.82 Å². The monoisotopic (exact) mass is 440 g/mol. The molecule has 0 saturated carbocycles. The molecule has 7 nitrogen and oxygen atoms in total. The van der Waals surface area contributed by atoms with Gasteiger partial charge in [-0.3, -0.25) is 4.90 Å². The zero-order valence-electron chi connectivity index (χ0n) is 18.7. The number of hydrogen-bond donors (Lipinski definition) is 1. The summed E-state index contributed by atoms with van der Waals surface area (Å²) in [6.45, 7) is 6.26. The summed E-state index contributed by atoms with van der Waals surface area (Å²) < 4.78 is 11.2. The van der Waals surface area contributed by atoms with Crippen LogP contribution in [0.3, 0.4) is 0 Å². The predicted molar refractivity (Wildman–Crippen MR) is 124 cm³/mol. The van der Waals surface area contributed by atoms with Gasteiger partial charge in [0, 0.05) is 11.3 Å². The van der Waals surface area contributed by atoms with Gasteiger partial charge in [-0.25, -0.2) is 4.79 Å². The fourth-order valence-electron chi connectivity index (χ4n) is 3.97. The standard InChI is InChI=1S/C26H24N4O3/c1-16-6-10-19(11-7-16)23-22(18(3)30(26(31)27-23)15-21-5-4-14-32-21)25-28-24(29-33-25)20-12-8-17(2)9-13-20/h4-14,23H,15H2,1-3H3,(H,27,31). The van der Waals surface area contributed by atoms with Gasteiger partial charge in [0.05, 0.1) is 24.4 Å². The van der Waals surface area contributed by atoms with E-state index in [4.69, 9.17) is 13.9 Å². The Morgan fingerprint density at radius 3 is 2.33 bits per heavy atom. The van der Waals surface area contributed by atoms with Crippen LogP contribution in [0.25, 0.3) is 17.0 Å². The summed E-state index contributed by atoms with van der Waals surface area (Å²) in [6.07, 6.45) is 1.60. The van der Waals surface area contributed by atoms with Gasteiger partial charge in [0.1, 0.15) is 5.76 Å². The second-order valence-electron chi connectivity index (χ2n) is 8.25. The van der Waals surface area contributed by atoms with Crippen molar-refractivity contribution in [2.75, 3.05) is 0 Å². The molecule has 0 fully saturated rings. The highest BCUT2D eigenvalue weighted by atomic mass is 16.5. The molecule has 0 radical (unpaired) electrons. The topological polar surface area (TPSA) is 84.4 Å². The lowest BCUT2D eigenvalue weighted by molar-refractivity contribution is 0.199. The highest BCUT2D eigenvalue weighted by Crippen LogP contribution is 2.38. The van der Waals surface area contributed by atoms with E-state index in [1.165, 1.54) is 0 Å². The van der Waals surface area contributed by atoms with Gasteiger partial charge in [-0.05, 0) is 38.5 Å². The van der Waals surface area contributed by atoms with Crippen molar-refractivity contribution in [3.63, 3.8) is 0 Å². The van der Waals surface area contributed by atoms with E-state index in [9.17, 15) is 4.79 Å². The third-order valence-corrected chi connectivity index (χ3v) is 5.87. The van der Waals surface area contributed by atoms with E-state index in [-0.39, 0.29) is 6.03 Å². The Labute approximate surface area is 191 Å². The summed E-state index contributed by atoms with van der Waals surface area (Å²) >= 11 is 0. The number of benzene rings is 2. The van der Waals surface area contributed by atoms with E-state index >= 15 is 0 Å². The average molecular weight is 441 g/mol. The van der Waals surface area contributed by atoms with Crippen LogP contribution in [0.4, 0.5) is 4.79 Å². The van der Waals surface area contributed by atoms with E-state index in [0.717, 1.165) is 33.5 Å². The Kier molecular flexibility index (Phi) is 5.30. The highest BCUT2D eigenvalue weighted by molar-refractivity contribution is 5.86. The number of carbonyl (C=O) groups is 1. The van der Waals surface area contributed by atoms with Gasteiger partial charge >= 0.3 is 6.03 Å². The van der Waals surface area contributed by atoms with Crippen molar-refractivity contribution < 1.29 is 13.7 Å². The molecule has 0 aliphatic carbocycles. The Hall–Kier alpha value is -4.13. The number of amides is 2. The first-order valence-electron chi connectivity index (χ1n) is 10.8. The quantitative estimate of drug-likeness (QED) is 0.434. The molecular weight excluding hydrogens is 416 g/mol. The number of aryl methyl sites for hydroxylation is 2. The number of rotatable bonds is 5. The second-order valence-corrected chi connectivity index (χ2v) is 8.25. The Morgan fingerprint density at radius 1 is 0.970 bits per heavy atom. The van der Waals surface area contributed by atoms with Crippen LogP contribution < -0.4 is 5.32 Å². The van der Waals surface area contributed by atoms with Crippen molar-refractivity contribution in [1.29, 1.82) is 0 Å². The van der Waals surface area contributed by atoms with Crippen LogP contribution in [0.2, 0.25) is 0 Å². The fraction of sp³-hybridized carbons (Fsp3) is 0.192. The summed E-state index contributed by atoms with van der Waals surface area (Å²) in [6, 6.07) is 19.0. The largest absolute Gasteiger partial charge is 0.467 e. The Balaban J connectivity index is 1.59. The Bertz CT molecular complexity index is 1300. The van der Waals surface area contributed by atoms with Crippen molar-refractivity contribution in [3.8, 4) is 11.4 Å². The summed E-state index contributed by atoms with van der Waals surface area (Å²) in [5, 5.41) is 7.33. The molecule has 0 spiro atoms. The molecule has 1 N–H and O–H groups in total. The molecule has 7 heteroatoms. The molecule has 2 aromatic heterocycles. The van der Waals surface area contributed by atoms with Gasteiger partial charge in [-0.1, -0.05) is 64.8 Å². The first-order valence-corrected chi connectivity index (χ1v) is 10.8. The van der Waals surface area contributed by atoms with Crippen LogP contribution >= 0.6 is 0 Å². The highest BCUT2D eigenvalue weighted by Gasteiger charge is 2.36. The van der Waals surface area contributed by atoms with E-state index in [2.05, 4.69) is 10.5 Å². The molecule has 1 unspecified atom stereocenters. The number of nitrogens with one attached hydrogen (secondary N) is 1. The summed E-state index contributed by atoms with van der Waals surface area (Å²) in [5.41, 5.74) is 5.60. The first kappa shape index (κ1) is 20.8. The number of furan rings is 1. The van der Waals surface area contributed by atoms with Crippen LogP contribution in [0.15, 0.2) is 81.6 Å². The van der Waals surface area contributed by atoms with Crippen LogP contribution in [0.5, 0.6) is 0 Å². The van der Waals surface area contributed by atoms with E-state index < -0.39 is 6.04 Å². The number of hydrogen-bond acceptors (Lipinski definition) is 5. The maximum Gasteiger partial charge on any atom is 0.322 e. The minimum absolute atomic E-state index is 0.212. The Morgan fingerprint density at radius 2 is 1.67 bits per heavy atom. The molecule has 1 aliphatic heterocycles. The van der Waals surface area contributed by atoms with Crippen LogP contribution in [-0.4, -0.2) is 21.1 Å². The van der Waals surface area contributed by atoms with Crippen molar-refractivity contribution >= 4 is 11.6 Å². The summed E-state index contributed by atoms with van der Waals surface area (Å²) in [7, 11) is 0. The van der Waals surface area contributed by atoms with Crippen molar-refractivity contribution in [3.05, 3.63) is 101 Å². The van der Waals surface area contributed by atoms with Crippen molar-refractivity contribution in [1.82, 2.24) is 20.4 Å². The van der Waals surface area contributed by atoms with Gasteiger partial charge in [-0.15, -0.1) is 0 Å². The SMILES string of the molecule is CC1=C(c2nc(-c3ccc(C)cc3)no2)C(c2ccc(C)cc2)NC(=O)N1Cc1ccco1. The maximum atomic E-state index is 13.1. The lowest BCUT2D eigenvalue weighted by Gasteiger charge is -2.34. The van der Waals surface area contributed by atoms with Crippen molar-refractivity contribution in [2.24, 2.45) is 0 Å². The first-order chi connectivity index (χ1) is 16.0. The van der Waals surface area contributed by atoms with Gasteiger partial charge in [0.25, 0.3) is 5.89 Å². The van der Waals surface area contributed by atoms with Gasteiger partial charge < -0.3 is 14.3 Å². The molecule has 4 aromatic rings. The molecule has 1 atom stereocenters. The molecule has 3 heterocycles. The van der Waals surface area contributed by atoms with Crippen LogP contribution in [0, 0.1) is 13.8 Å². The number of aromatic nitrogens is 2. The molecule has 166 valence electrons. The molecule has 1 aliphatic rings. The van der Waals surface area contributed by atoms with Crippen LogP contribution in [-0.2, 0) is 6.54 Å². The smallest absolute Gasteiger partial charge is 0.322 e. The molecule has 33 heavy (non-hydrogen) atoms. The fourth-order valence-corrected chi connectivity index (χ4v) is 3.97. The number of nitrogens with zero attached hydrogens (tertiary/aromatic N) is 3. The average Bonchev–Trinajstić information content (AvgIpc) is 3.50. The lowest BCUT2D eigenvalue weighted by Crippen LogP contribution is -2.45. The van der Waals surface area contributed by atoms with E-state index in [1.54, 1.807) is 17.2 Å².